The fraction of sp³-hybridized carbons (Fsp3) is 0.211. The predicted octanol–water partition coefficient (Wildman–Crippen LogP) is 3.95. The zero-order valence-corrected chi connectivity index (χ0v) is 15.0. The lowest BCUT2D eigenvalue weighted by atomic mass is 9.97. The Balaban J connectivity index is 1.65. The van der Waals surface area contributed by atoms with Gasteiger partial charge in [0.25, 0.3) is 0 Å². The molecule has 7 heteroatoms. The molecule has 0 saturated carbocycles. The van der Waals surface area contributed by atoms with Crippen molar-refractivity contribution in [1.29, 1.82) is 0 Å². The maximum Gasteiger partial charge on any atom is 0.322 e. The number of hydrogen-bond donors (Lipinski definition) is 2. The molecule has 0 saturated heterocycles. The normalized spacial score (nSPS) is 16.2. The summed E-state index contributed by atoms with van der Waals surface area (Å²) in [5.74, 6) is 0. The smallest absolute Gasteiger partial charge is 0.322 e. The highest BCUT2D eigenvalue weighted by atomic mass is 35.5. The van der Waals surface area contributed by atoms with Crippen LogP contribution in [0.5, 0.6) is 0 Å². The van der Waals surface area contributed by atoms with Crippen LogP contribution in [0.15, 0.2) is 49.1 Å². The van der Waals surface area contributed by atoms with E-state index < -0.39 is 0 Å². The van der Waals surface area contributed by atoms with Crippen molar-refractivity contribution < 1.29 is 4.79 Å². The van der Waals surface area contributed by atoms with Crippen LogP contribution in [0.1, 0.15) is 28.6 Å². The van der Waals surface area contributed by atoms with Crippen molar-refractivity contribution >= 4 is 23.3 Å². The zero-order chi connectivity index (χ0) is 18.1. The molecule has 4 rings (SSSR count). The van der Waals surface area contributed by atoms with Gasteiger partial charge in [0, 0.05) is 41.8 Å². The first-order chi connectivity index (χ1) is 12.6. The first-order valence-electron chi connectivity index (χ1n) is 8.39. The molecule has 0 spiro atoms. The molecule has 6 nitrogen and oxygen atoms in total. The average molecular weight is 368 g/mol. The lowest BCUT2D eigenvalue weighted by molar-refractivity contribution is 0.192. The molecule has 132 valence electrons. The summed E-state index contributed by atoms with van der Waals surface area (Å²) in [6.45, 7) is 2.52. The van der Waals surface area contributed by atoms with E-state index in [0.29, 0.717) is 17.3 Å². The van der Waals surface area contributed by atoms with Crippen LogP contribution in [0.3, 0.4) is 0 Å². The number of anilines is 1. The monoisotopic (exact) mass is 367 g/mol. The molecule has 0 aliphatic carbocycles. The lowest BCUT2D eigenvalue weighted by Gasteiger charge is -2.35. The molecule has 3 heterocycles. The van der Waals surface area contributed by atoms with Crippen molar-refractivity contribution in [2.75, 3.05) is 11.9 Å². The number of urea groups is 1. The minimum Gasteiger partial charge on any atom is -0.348 e. The standard InChI is InChI=1S/C19H18ClN5O/c1-12-2-3-14(10-15(12)20)24-19(26)25-9-6-16-17(23-11-22-16)18(25)13-4-7-21-8-5-13/h2-5,7-8,10-11,18H,6,9H2,1H3,(H,22,23)(H,24,26). The van der Waals surface area contributed by atoms with E-state index in [4.69, 9.17) is 11.6 Å². The second-order valence-corrected chi connectivity index (χ2v) is 6.69. The summed E-state index contributed by atoms with van der Waals surface area (Å²) < 4.78 is 0. The lowest BCUT2D eigenvalue weighted by Crippen LogP contribution is -2.43. The van der Waals surface area contributed by atoms with E-state index in [9.17, 15) is 4.79 Å². The number of fused-ring (bicyclic) bond motifs is 1. The van der Waals surface area contributed by atoms with Gasteiger partial charge < -0.3 is 15.2 Å². The molecule has 26 heavy (non-hydrogen) atoms. The van der Waals surface area contributed by atoms with Crippen LogP contribution in [0.25, 0.3) is 0 Å². The van der Waals surface area contributed by atoms with Gasteiger partial charge in [0.1, 0.15) is 6.04 Å². The number of carbonyl (C=O) groups excluding carboxylic acids is 1. The molecular formula is C19H18ClN5O. The van der Waals surface area contributed by atoms with Gasteiger partial charge in [0.15, 0.2) is 0 Å². The maximum atomic E-state index is 13.0. The maximum absolute atomic E-state index is 13.0. The van der Waals surface area contributed by atoms with Gasteiger partial charge in [-0.05, 0) is 42.3 Å². The molecule has 0 radical (unpaired) electrons. The third kappa shape index (κ3) is 3.04. The average Bonchev–Trinajstić information content (AvgIpc) is 3.13. The Kier molecular flexibility index (Phi) is 4.34. The van der Waals surface area contributed by atoms with Gasteiger partial charge in [-0.25, -0.2) is 9.78 Å². The molecule has 0 bridgehead atoms. The van der Waals surface area contributed by atoms with Crippen LogP contribution in [0.2, 0.25) is 5.02 Å². The Morgan fingerprint density at radius 2 is 2.12 bits per heavy atom. The first-order valence-corrected chi connectivity index (χ1v) is 8.77. The van der Waals surface area contributed by atoms with Crippen molar-refractivity contribution in [3.63, 3.8) is 0 Å². The third-order valence-corrected chi connectivity index (χ3v) is 5.04. The second kappa shape index (κ2) is 6.80. The fourth-order valence-corrected chi connectivity index (χ4v) is 3.43. The third-order valence-electron chi connectivity index (χ3n) is 4.63. The SMILES string of the molecule is Cc1ccc(NC(=O)N2CCc3[nH]cnc3C2c2ccncc2)cc1Cl. The molecule has 3 aromatic rings. The number of amides is 2. The van der Waals surface area contributed by atoms with Gasteiger partial charge >= 0.3 is 6.03 Å². The fourth-order valence-electron chi connectivity index (χ4n) is 3.24. The van der Waals surface area contributed by atoms with E-state index in [-0.39, 0.29) is 12.1 Å². The van der Waals surface area contributed by atoms with Crippen molar-refractivity contribution in [2.24, 2.45) is 0 Å². The van der Waals surface area contributed by atoms with E-state index in [2.05, 4.69) is 20.3 Å². The van der Waals surface area contributed by atoms with E-state index in [1.165, 1.54) is 0 Å². The number of rotatable bonds is 2. The van der Waals surface area contributed by atoms with Crippen molar-refractivity contribution in [3.05, 3.63) is 76.6 Å². The number of nitrogens with zero attached hydrogens (tertiary/aromatic N) is 3. The number of nitrogens with one attached hydrogen (secondary N) is 2. The summed E-state index contributed by atoms with van der Waals surface area (Å²) in [5, 5.41) is 3.58. The molecule has 1 aliphatic rings. The number of halogens is 1. The van der Waals surface area contributed by atoms with E-state index in [1.807, 2.05) is 31.2 Å². The van der Waals surface area contributed by atoms with Crippen LogP contribution in [0, 0.1) is 6.92 Å². The van der Waals surface area contributed by atoms with Crippen molar-refractivity contribution in [1.82, 2.24) is 19.9 Å². The molecule has 2 N–H and O–H groups in total. The highest BCUT2D eigenvalue weighted by Crippen LogP contribution is 2.33. The number of pyridine rings is 1. The highest BCUT2D eigenvalue weighted by Gasteiger charge is 2.34. The Labute approximate surface area is 156 Å². The number of hydrogen-bond acceptors (Lipinski definition) is 3. The van der Waals surface area contributed by atoms with Crippen LogP contribution in [-0.2, 0) is 6.42 Å². The minimum atomic E-state index is -0.256. The summed E-state index contributed by atoms with van der Waals surface area (Å²) in [4.78, 5) is 26.5. The predicted molar refractivity (Wildman–Crippen MR) is 100 cm³/mol. The van der Waals surface area contributed by atoms with Crippen LogP contribution in [-0.4, -0.2) is 32.4 Å². The Morgan fingerprint density at radius 3 is 2.88 bits per heavy atom. The van der Waals surface area contributed by atoms with Crippen molar-refractivity contribution in [2.45, 2.75) is 19.4 Å². The van der Waals surface area contributed by atoms with Gasteiger partial charge in [-0.2, -0.15) is 0 Å². The zero-order valence-electron chi connectivity index (χ0n) is 14.2. The number of aryl methyl sites for hydroxylation is 1. The molecule has 1 aromatic carbocycles. The Hall–Kier alpha value is -2.86. The summed E-state index contributed by atoms with van der Waals surface area (Å²) in [6, 6.07) is 8.90. The summed E-state index contributed by atoms with van der Waals surface area (Å²) in [6.07, 6.45) is 5.87. The molecule has 2 aromatic heterocycles. The van der Waals surface area contributed by atoms with Crippen LogP contribution >= 0.6 is 11.6 Å². The van der Waals surface area contributed by atoms with Gasteiger partial charge in [-0.3, -0.25) is 4.98 Å². The van der Waals surface area contributed by atoms with Gasteiger partial charge in [0.05, 0.1) is 12.0 Å². The van der Waals surface area contributed by atoms with E-state index in [1.54, 1.807) is 29.7 Å². The summed E-state index contributed by atoms with van der Waals surface area (Å²) in [5.41, 5.74) is 4.56. The van der Waals surface area contributed by atoms with E-state index >= 15 is 0 Å². The minimum absolute atomic E-state index is 0.180. The number of aromatic amines is 1. The van der Waals surface area contributed by atoms with E-state index in [0.717, 1.165) is 28.9 Å². The first kappa shape index (κ1) is 16.6. The molecule has 0 fully saturated rings. The highest BCUT2D eigenvalue weighted by molar-refractivity contribution is 6.31. The second-order valence-electron chi connectivity index (χ2n) is 6.29. The quantitative estimate of drug-likeness (QED) is 0.720. The Morgan fingerprint density at radius 1 is 1.31 bits per heavy atom. The van der Waals surface area contributed by atoms with Crippen molar-refractivity contribution in [3.8, 4) is 0 Å². The largest absolute Gasteiger partial charge is 0.348 e. The number of imidazole rings is 1. The molecule has 1 unspecified atom stereocenters. The van der Waals surface area contributed by atoms with Gasteiger partial charge in [0.2, 0.25) is 0 Å². The van der Waals surface area contributed by atoms with Gasteiger partial charge in [-0.1, -0.05) is 17.7 Å². The Bertz CT molecular complexity index is 940. The molecule has 1 atom stereocenters. The number of carbonyl (C=O) groups is 1. The topological polar surface area (TPSA) is 73.9 Å². The number of H-pyrrole nitrogens is 1. The van der Waals surface area contributed by atoms with Gasteiger partial charge in [-0.15, -0.1) is 0 Å². The summed E-state index contributed by atoms with van der Waals surface area (Å²) in [7, 11) is 0. The van der Waals surface area contributed by atoms with Crippen LogP contribution in [0.4, 0.5) is 10.5 Å². The molecule has 2 amide bonds. The number of aromatic nitrogens is 3. The summed E-state index contributed by atoms with van der Waals surface area (Å²) >= 11 is 6.17. The van der Waals surface area contributed by atoms with Crippen LogP contribution < -0.4 is 5.32 Å². The number of benzene rings is 1. The molecular weight excluding hydrogens is 350 g/mol. The molecule has 1 aliphatic heterocycles.